The molecule has 126 valence electrons. The summed E-state index contributed by atoms with van der Waals surface area (Å²) in [5.74, 6) is -0.280. The van der Waals surface area contributed by atoms with Crippen LogP contribution in [-0.4, -0.2) is 36.0 Å². The van der Waals surface area contributed by atoms with Crippen LogP contribution in [0.4, 0.5) is 4.79 Å². The maximum Gasteiger partial charge on any atom is 0.321 e. The molecule has 1 atom stereocenters. The Bertz CT molecular complexity index is 578. The third-order valence-electron chi connectivity index (χ3n) is 4.00. The minimum absolute atomic E-state index is 0.205. The number of amides is 3. The zero-order valence-corrected chi connectivity index (χ0v) is 14.5. The Kier molecular flexibility index (Phi) is 5.42. The van der Waals surface area contributed by atoms with E-state index in [0.29, 0.717) is 0 Å². The van der Waals surface area contributed by atoms with Crippen LogP contribution in [0.2, 0.25) is 0 Å². The lowest BCUT2D eigenvalue weighted by molar-refractivity contribution is -0.121. The molecule has 0 saturated carbocycles. The van der Waals surface area contributed by atoms with Gasteiger partial charge in [0.25, 0.3) is 0 Å². The number of imide groups is 1. The van der Waals surface area contributed by atoms with Crippen molar-refractivity contribution in [3.05, 3.63) is 35.4 Å². The van der Waals surface area contributed by atoms with E-state index >= 15 is 0 Å². The standard InChI is InChI=1S/C18H27N3O2/c1-18(2,3)20-17(23)19-16(22)12-21(4)15-11-7-9-13-8-5-6-10-14(13)15/h5-6,8,10,15H,7,9,11-12H2,1-4H3,(H2,19,20,22,23). The van der Waals surface area contributed by atoms with E-state index in [-0.39, 0.29) is 24.0 Å². The van der Waals surface area contributed by atoms with Crippen molar-refractivity contribution in [2.24, 2.45) is 0 Å². The number of urea groups is 1. The molecule has 1 aromatic rings. The molecule has 3 amide bonds. The molecule has 0 aliphatic heterocycles. The van der Waals surface area contributed by atoms with Gasteiger partial charge in [0.05, 0.1) is 6.54 Å². The van der Waals surface area contributed by atoms with Crippen LogP contribution >= 0.6 is 0 Å². The summed E-state index contributed by atoms with van der Waals surface area (Å²) in [5.41, 5.74) is 2.30. The van der Waals surface area contributed by atoms with Crippen molar-refractivity contribution in [3.63, 3.8) is 0 Å². The molecule has 1 aromatic carbocycles. The van der Waals surface area contributed by atoms with E-state index in [0.717, 1.165) is 19.3 Å². The number of carbonyl (C=O) groups excluding carboxylic acids is 2. The Morgan fingerprint density at radius 2 is 1.96 bits per heavy atom. The molecule has 0 saturated heterocycles. The minimum Gasteiger partial charge on any atom is -0.333 e. The summed E-state index contributed by atoms with van der Waals surface area (Å²) in [7, 11) is 1.94. The molecule has 2 rings (SSSR count). The summed E-state index contributed by atoms with van der Waals surface area (Å²) >= 11 is 0. The highest BCUT2D eigenvalue weighted by Gasteiger charge is 2.25. The van der Waals surface area contributed by atoms with E-state index < -0.39 is 6.03 Å². The molecule has 1 unspecified atom stereocenters. The quantitative estimate of drug-likeness (QED) is 0.901. The van der Waals surface area contributed by atoms with Gasteiger partial charge < -0.3 is 5.32 Å². The summed E-state index contributed by atoms with van der Waals surface area (Å²) in [6.45, 7) is 5.84. The van der Waals surface area contributed by atoms with Crippen molar-refractivity contribution in [1.29, 1.82) is 0 Å². The Morgan fingerprint density at radius 3 is 2.65 bits per heavy atom. The number of likely N-dealkylation sites (N-methyl/N-ethyl adjacent to an activating group) is 1. The molecular formula is C18H27N3O2. The molecule has 0 radical (unpaired) electrons. The van der Waals surface area contributed by atoms with Crippen molar-refractivity contribution < 1.29 is 9.59 Å². The van der Waals surface area contributed by atoms with Gasteiger partial charge >= 0.3 is 6.03 Å². The lowest BCUT2D eigenvalue weighted by Gasteiger charge is -2.32. The monoisotopic (exact) mass is 317 g/mol. The van der Waals surface area contributed by atoms with Crippen molar-refractivity contribution in [1.82, 2.24) is 15.5 Å². The van der Waals surface area contributed by atoms with Crippen LogP contribution in [0.1, 0.15) is 50.8 Å². The van der Waals surface area contributed by atoms with Crippen LogP contribution in [0.15, 0.2) is 24.3 Å². The summed E-state index contributed by atoms with van der Waals surface area (Å²) < 4.78 is 0. The normalized spacial score (nSPS) is 17.5. The lowest BCUT2D eigenvalue weighted by Crippen LogP contribution is -2.50. The minimum atomic E-state index is -0.444. The Morgan fingerprint density at radius 1 is 1.26 bits per heavy atom. The molecule has 0 spiro atoms. The number of rotatable bonds is 3. The van der Waals surface area contributed by atoms with Crippen molar-refractivity contribution in [2.45, 2.75) is 51.6 Å². The zero-order chi connectivity index (χ0) is 17.0. The van der Waals surface area contributed by atoms with Gasteiger partial charge in [-0.3, -0.25) is 15.0 Å². The van der Waals surface area contributed by atoms with Crippen LogP contribution in [-0.2, 0) is 11.2 Å². The average molecular weight is 317 g/mol. The van der Waals surface area contributed by atoms with Gasteiger partial charge in [0.15, 0.2) is 0 Å². The van der Waals surface area contributed by atoms with Gasteiger partial charge in [-0.15, -0.1) is 0 Å². The third-order valence-corrected chi connectivity index (χ3v) is 4.00. The van der Waals surface area contributed by atoms with E-state index in [9.17, 15) is 9.59 Å². The largest absolute Gasteiger partial charge is 0.333 e. The number of carbonyl (C=O) groups is 2. The Balaban J connectivity index is 1.93. The molecule has 5 nitrogen and oxygen atoms in total. The molecule has 5 heteroatoms. The maximum absolute atomic E-state index is 12.1. The maximum atomic E-state index is 12.1. The average Bonchev–Trinajstić information content (AvgIpc) is 2.44. The third kappa shape index (κ3) is 5.06. The molecule has 1 aliphatic rings. The molecule has 0 bridgehead atoms. The smallest absolute Gasteiger partial charge is 0.321 e. The molecule has 0 fully saturated rings. The fraction of sp³-hybridized carbons (Fsp3) is 0.556. The van der Waals surface area contributed by atoms with Crippen LogP contribution < -0.4 is 10.6 Å². The highest BCUT2D eigenvalue weighted by Crippen LogP contribution is 2.33. The lowest BCUT2D eigenvalue weighted by atomic mass is 9.87. The van der Waals surface area contributed by atoms with Crippen LogP contribution in [0.3, 0.4) is 0 Å². The zero-order valence-electron chi connectivity index (χ0n) is 14.5. The van der Waals surface area contributed by atoms with Gasteiger partial charge in [-0.2, -0.15) is 0 Å². The predicted octanol–water partition coefficient (Wildman–Crippen LogP) is 2.62. The fourth-order valence-electron chi connectivity index (χ4n) is 3.06. The highest BCUT2D eigenvalue weighted by atomic mass is 16.2. The molecule has 2 N–H and O–H groups in total. The van der Waals surface area contributed by atoms with Gasteiger partial charge in [0.2, 0.25) is 5.91 Å². The first-order chi connectivity index (χ1) is 10.8. The van der Waals surface area contributed by atoms with E-state index in [4.69, 9.17) is 0 Å². The highest BCUT2D eigenvalue weighted by molar-refractivity contribution is 5.95. The SMILES string of the molecule is CN(CC(=O)NC(=O)NC(C)(C)C)C1CCCc2ccccc21. The van der Waals surface area contributed by atoms with E-state index in [1.165, 1.54) is 11.1 Å². The first kappa shape index (κ1) is 17.5. The van der Waals surface area contributed by atoms with Crippen molar-refractivity contribution >= 4 is 11.9 Å². The van der Waals surface area contributed by atoms with Crippen LogP contribution in [0.25, 0.3) is 0 Å². The summed E-state index contributed by atoms with van der Waals surface area (Å²) in [4.78, 5) is 25.9. The van der Waals surface area contributed by atoms with Gasteiger partial charge in [-0.1, -0.05) is 24.3 Å². The van der Waals surface area contributed by atoms with E-state index in [1.807, 2.05) is 38.8 Å². The Labute approximate surface area is 138 Å². The predicted molar refractivity (Wildman–Crippen MR) is 91.2 cm³/mol. The van der Waals surface area contributed by atoms with Gasteiger partial charge in [-0.25, -0.2) is 4.79 Å². The summed E-state index contributed by atoms with van der Waals surface area (Å²) in [5, 5.41) is 5.13. The van der Waals surface area contributed by atoms with Gasteiger partial charge in [-0.05, 0) is 58.2 Å². The summed E-state index contributed by atoms with van der Waals surface area (Å²) in [6, 6.07) is 8.19. The van der Waals surface area contributed by atoms with Gasteiger partial charge in [0.1, 0.15) is 0 Å². The van der Waals surface area contributed by atoms with Crippen LogP contribution in [0.5, 0.6) is 0 Å². The fourth-order valence-corrected chi connectivity index (χ4v) is 3.06. The molecular weight excluding hydrogens is 290 g/mol. The van der Waals surface area contributed by atoms with Gasteiger partial charge in [0, 0.05) is 11.6 Å². The van der Waals surface area contributed by atoms with E-state index in [2.05, 4.69) is 28.8 Å². The summed E-state index contributed by atoms with van der Waals surface area (Å²) in [6.07, 6.45) is 3.26. The second-order valence-electron chi connectivity index (χ2n) is 7.27. The number of hydrogen-bond acceptors (Lipinski definition) is 3. The number of nitrogens with one attached hydrogen (secondary N) is 2. The molecule has 0 heterocycles. The van der Waals surface area contributed by atoms with Crippen molar-refractivity contribution in [2.75, 3.05) is 13.6 Å². The number of fused-ring (bicyclic) bond motifs is 1. The molecule has 23 heavy (non-hydrogen) atoms. The number of nitrogens with zero attached hydrogens (tertiary/aromatic N) is 1. The Hall–Kier alpha value is -1.88. The second kappa shape index (κ2) is 7.13. The number of benzene rings is 1. The second-order valence-corrected chi connectivity index (χ2v) is 7.27. The first-order valence-corrected chi connectivity index (χ1v) is 8.16. The van der Waals surface area contributed by atoms with Crippen LogP contribution in [0, 0.1) is 0 Å². The number of aryl methyl sites for hydroxylation is 1. The first-order valence-electron chi connectivity index (χ1n) is 8.16. The topological polar surface area (TPSA) is 61.4 Å². The van der Waals surface area contributed by atoms with Crippen molar-refractivity contribution in [3.8, 4) is 0 Å². The number of hydrogen-bond donors (Lipinski definition) is 2. The molecule has 0 aromatic heterocycles. The molecule has 1 aliphatic carbocycles. The van der Waals surface area contributed by atoms with E-state index in [1.54, 1.807) is 0 Å².